The molecule has 2 aliphatic rings. The molecule has 0 amide bonds. The molecule has 0 bridgehead atoms. The number of aryl methyl sites for hydroxylation is 1. The largest absolute Gasteiger partial charge is 0.413 e. The van der Waals surface area contributed by atoms with E-state index in [0.29, 0.717) is 45.1 Å². The van der Waals surface area contributed by atoms with Crippen molar-refractivity contribution < 1.29 is 13.2 Å². The molecular weight excluding hydrogens is 579 g/mol. The molecule has 1 aliphatic carbocycles. The van der Waals surface area contributed by atoms with Crippen molar-refractivity contribution >= 4 is 44.8 Å². The third-order valence-corrected chi connectivity index (χ3v) is 8.16. The predicted octanol–water partition coefficient (Wildman–Crippen LogP) is 6.52. The summed E-state index contributed by atoms with van der Waals surface area (Å²) < 4.78 is 43.7. The third kappa shape index (κ3) is 5.17. The maximum Gasteiger partial charge on any atom is 0.413 e. The van der Waals surface area contributed by atoms with Gasteiger partial charge in [0.15, 0.2) is 5.54 Å². The van der Waals surface area contributed by atoms with E-state index in [-0.39, 0.29) is 18.3 Å². The van der Waals surface area contributed by atoms with Crippen LogP contribution in [0.25, 0.3) is 21.8 Å². The molecule has 0 spiro atoms. The minimum atomic E-state index is -4.40. The van der Waals surface area contributed by atoms with E-state index in [2.05, 4.69) is 58.5 Å². The summed E-state index contributed by atoms with van der Waals surface area (Å²) in [5.41, 5.74) is 7.91. The Hall–Kier alpha value is -4.21. The molecule has 2 aromatic heterocycles. The number of para-hydroxylation sites is 1. The van der Waals surface area contributed by atoms with E-state index in [1.54, 1.807) is 16.9 Å². The summed E-state index contributed by atoms with van der Waals surface area (Å²) >= 11 is 6.75. The highest BCUT2D eigenvalue weighted by Gasteiger charge is 2.67. The molecule has 1 aliphatic heterocycles. The van der Waals surface area contributed by atoms with Crippen LogP contribution in [0, 0.1) is 16.7 Å². The second kappa shape index (κ2) is 10.2. The quantitative estimate of drug-likeness (QED) is 0.188. The smallest absolute Gasteiger partial charge is 0.383 e. The molecule has 4 aromatic rings. The standard InChI is InChI=1S/C30H31ClF3N9/c1-28(2,3)16-37-24-18(12-35)13-36-25-21(24)10-19(11-22(25)31)39-26(20-7-5-6-17-14-38-42(4)27(17)20)23-15-43(41-40-23)29(8-9-29)30(32,33)34/h5-7,10-11,13-15,26,39-41H,8-9,16H2,1-4H3,(H,36,37)/t26-/m0/s1. The van der Waals surface area contributed by atoms with Crippen LogP contribution >= 0.6 is 11.6 Å². The van der Waals surface area contributed by atoms with Gasteiger partial charge < -0.3 is 16.1 Å². The molecule has 1 atom stereocenters. The number of anilines is 2. The fourth-order valence-electron chi connectivity index (χ4n) is 5.44. The molecule has 1 fully saturated rings. The minimum Gasteiger partial charge on any atom is -0.383 e. The Morgan fingerprint density at radius 1 is 1.19 bits per heavy atom. The van der Waals surface area contributed by atoms with Crippen LogP contribution in [0.3, 0.4) is 0 Å². The molecule has 1 saturated carbocycles. The lowest BCUT2D eigenvalue weighted by Crippen LogP contribution is -2.52. The number of alkyl halides is 3. The Morgan fingerprint density at radius 2 is 1.95 bits per heavy atom. The van der Waals surface area contributed by atoms with Gasteiger partial charge in [-0.15, -0.1) is 5.53 Å². The lowest BCUT2D eigenvalue weighted by atomic mass is 9.96. The molecule has 224 valence electrons. The number of benzene rings is 2. The molecule has 2 aromatic carbocycles. The number of nitrogens with zero attached hydrogens (tertiary/aromatic N) is 5. The second-order valence-electron chi connectivity index (χ2n) is 12.3. The molecule has 3 heterocycles. The van der Waals surface area contributed by atoms with Gasteiger partial charge >= 0.3 is 6.18 Å². The Bertz CT molecular complexity index is 1800. The van der Waals surface area contributed by atoms with Gasteiger partial charge in [-0.25, -0.2) is 0 Å². The van der Waals surface area contributed by atoms with Crippen molar-refractivity contribution in [3.63, 3.8) is 0 Å². The first-order valence-corrected chi connectivity index (χ1v) is 14.2. The summed E-state index contributed by atoms with van der Waals surface area (Å²) in [5.74, 6) is 0. The highest BCUT2D eigenvalue weighted by molar-refractivity contribution is 6.35. The van der Waals surface area contributed by atoms with Crippen LogP contribution in [0.1, 0.15) is 50.8 Å². The average Bonchev–Trinajstić information content (AvgIpc) is 3.49. The Balaban J connectivity index is 1.47. The van der Waals surface area contributed by atoms with Crippen molar-refractivity contribution in [2.45, 2.75) is 51.4 Å². The van der Waals surface area contributed by atoms with Crippen molar-refractivity contribution in [1.29, 1.82) is 5.26 Å². The zero-order valence-corrected chi connectivity index (χ0v) is 24.8. The first kappa shape index (κ1) is 28.9. The van der Waals surface area contributed by atoms with E-state index >= 15 is 0 Å². The number of halogens is 4. The molecule has 6 rings (SSSR count). The van der Waals surface area contributed by atoms with Crippen LogP contribution in [0.2, 0.25) is 5.02 Å². The molecule has 0 saturated heterocycles. The van der Waals surface area contributed by atoms with E-state index in [0.717, 1.165) is 21.5 Å². The van der Waals surface area contributed by atoms with Crippen molar-refractivity contribution in [2.75, 3.05) is 17.2 Å². The highest BCUT2D eigenvalue weighted by Crippen LogP contribution is 2.54. The van der Waals surface area contributed by atoms with Gasteiger partial charge in [0.25, 0.3) is 0 Å². The zero-order valence-electron chi connectivity index (χ0n) is 24.1. The number of rotatable bonds is 7. The van der Waals surface area contributed by atoms with Crippen molar-refractivity contribution in [3.8, 4) is 6.07 Å². The van der Waals surface area contributed by atoms with Crippen LogP contribution < -0.4 is 21.6 Å². The zero-order chi connectivity index (χ0) is 30.7. The first-order chi connectivity index (χ1) is 20.3. The van der Waals surface area contributed by atoms with E-state index in [4.69, 9.17) is 11.6 Å². The molecule has 13 heteroatoms. The molecule has 0 radical (unpaired) electrons. The topological polar surface area (TPSA) is 106 Å². The van der Waals surface area contributed by atoms with E-state index in [9.17, 15) is 18.4 Å². The van der Waals surface area contributed by atoms with Crippen LogP contribution in [0.5, 0.6) is 0 Å². The van der Waals surface area contributed by atoms with E-state index in [1.807, 2.05) is 31.3 Å². The van der Waals surface area contributed by atoms with Crippen LogP contribution in [0.15, 0.2) is 54.6 Å². The summed E-state index contributed by atoms with van der Waals surface area (Å²) in [6.07, 6.45) is 0.329. The minimum absolute atomic E-state index is 0.00319. The molecule has 4 N–H and O–H groups in total. The number of nitrogens with one attached hydrogen (secondary N) is 4. The summed E-state index contributed by atoms with van der Waals surface area (Å²) in [6.45, 7) is 6.86. The number of nitriles is 1. The monoisotopic (exact) mass is 609 g/mol. The van der Waals surface area contributed by atoms with Gasteiger partial charge in [0.2, 0.25) is 0 Å². The fourth-order valence-corrected chi connectivity index (χ4v) is 5.71. The summed E-state index contributed by atoms with van der Waals surface area (Å²) in [6, 6.07) is 10.9. The normalized spacial score (nSPS) is 17.0. The number of fused-ring (bicyclic) bond motifs is 2. The van der Waals surface area contributed by atoms with Crippen molar-refractivity contribution in [1.82, 2.24) is 30.7 Å². The van der Waals surface area contributed by atoms with Gasteiger partial charge in [-0.2, -0.15) is 23.5 Å². The maximum atomic E-state index is 14.0. The predicted molar refractivity (Wildman–Crippen MR) is 161 cm³/mol. The van der Waals surface area contributed by atoms with Gasteiger partial charge in [-0.3, -0.25) is 14.7 Å². The number of pyridine rings is 1. The second-order valence-corrected chi connectivity index (χ2v) is 12.7. The van der Waals surface area contributed by atoms with Crippen molar-refractivity contribution in [3.05, 3.63) is 70.8 Å². The average molecular weight is 610 g/mol. The number of hydrogen-bond donors (Lipinski definition) is 4. The van der Waals surface area contributed by atoms with Crippen LogP contribution in [0.4, 0.5) is 24.5 Å². The van der Waals surface area contributed by atoms with Gasteiger partial charge in [0.1, 0.15) is 6.07 Å². The fraction of sp³-hybridized carbons (Fsp3) is 0.367. The Kier molecular flexibility index (Phi) is 6.86. The van der Waals surface area contributed by atoms with Crippen molar-refractivity contribution in [2.24, 2.45) is 12.5 Å². The van der Waals surface area contributed by atoms with E-state index in [1.165, 1.54) is 12.4 Å². The Morgan fingerprint density at radius 3 is 2.63 bits per heavy atom. The molecular formula is C30H31ClF3N9. The van der Waals surface area contributed by atoms with Gasteiger partial charge in [0.05, 0.1) is 45.2 Å². The number of hydrogen-bond acceptors (Lipinski definition) is 8. The van der Waals surface area contributed by atoms with Gasteiger partial charge in [-0.1, -0.05) is 50.6 Å². The molecule has 0 unspecified atom stereocenters. The molecule has 43 heavy (non-hydrogen) atoms. The third-order valence-electron chi connectivity index (χ3n) is 7.87. The summed E-state index contributed by atoms with van der Waals surface area (Å²) in [4.78, 5) is 4.44. The lowest BCUT2D eigenvalue weighted by Gasteiger charge is -2.28. The van der Waals surface area contributed by atoms with Gasteiger partial charge in [0, 0.05) is 48.0 Å². The molecule has 9 nitrogen and oxygen atoms in total. The first-order valence-electron chi connectivity index (χ1n) is 13.8. The van der Waals surface area contributed by atoms with Crippen LogP contribution in [-0.4, -0.2) is 38.0 Å². The van der Waals surface area contributed by atoms with Crippen LogP contribution in [-0.2, 0) is 7.05 Å². The SMILES string of the molecule is Cn1ncc2cccc([C@H](Nc3cc(Cl)c4ncc(C#N)c(NCC(C)(C)C)c4c3)C3=CN(C4(C(F)(F)F)CC4)NN3)c21. The lowest BCUT2D eigenvalue weighted by molar-refractivity contribution is -0.195. The summed E-state index contributed by atoms with van der Waals surface area (Å²) in [7, 11) is 1.82. The highest BCUT2D eigenvalue weighted by atomic mass is 35.5. The van der Waals surface area contributed by atoms with E-state index < -0.39 is 17.8 Å². The maximum absolute atomic E-state index is 14.0. The Labute approximate surface area is 251 Å². The summed E-state index contributed by atoms with van der Waals surface area (Å²) in [5, 5.41) is 24.2. The number of hydrazine groups is 2. The number of aromatic nitrogens is 3. The van der Waals surface area contributed by atoms with Gasteiger partial charge in [-0.05, 0) is 30.4 Å².